The lowest BCUT2D eigenvalue weighted by molar-refractivity contribution is -0.0528. The fourth-order valence-electron chi connectivity index (χ4n) is 3.90. The molecule has 172 valence electrons. The summed E-state index contributed by atoms with van der Waals surface area (Å²) in [5.74, 6) is 0. The van der Waals surface area contributed by atoms with Crippen molar-refractivity contribution in [3.8, 4) is 0 Å². The van der Waals surface area contributed by atoms with Crippen LogP contribution in [0.25, 0.3) is 0 Å². The monoisotopic (exact) mass is 447 g/mol. The third-order valence-electron chi connectivity index (χ3n) is 6.10. The Morgan fingerprint density at radius 3 is 2.29 bits per heavy atom. The first-order chi connectivity index (χ1) is 14.7. The van der Waals surface area contributed by atoms with E-state index in [-0.39, 0.29) is 13.2 Å². The molecule has 0 heterocycles. The van der Waals surface area contributed by atoms with Crippen LogP contribution in [-0.2, 0) is 26.9 Å². The van der Waals surface area contributed by atoms with E-state index >= 15 is 0 Å². The van der Waals surface area contributed by atoms with Crippen LogP contribution in [0.5, 0.6) is 0 Å². The van der Waals surface area contributed by atoms with Crippen LogP contribution in [-0.4, -0.2) is 37.6 Å². The van der Waals surface area contributed by atoms with E-state index in [1.807, 2.05) is 70.2 Å². The zero-order chi connectivity index (χ0) is 23.1. The predicted octanol–water partition coefficient (Wildman–Crippen LogP) is 4.93. The van der Waals surface area contributed by atoms with Crippen molar-refractivity contribution < 1.29 is 18.3 Å². The Balaban J connectivity index is 2.31. The quantitative estimate of drug-likeness (QED) is 0.501. The van der Waals surface area contributed by atoms with Crippen LogP contribution in [0, 0.1) is 6.92 Å². The highest BCUT2D eigenvalue weighted by atomic mass is 32.2. The average molecular weight is 448 g/mol. The molecule has 0 aromatic heterocycles. The molecule has 0 fully saturated rings. The van der Waals surface area contributed by atoms with E-state index in [4.69, 9.17) is 9.84 Å². The third-order valence-corrected chi connectivity index (χ3v) is 8.53. The lowest BCUT2D eigenvalue weighted by Crippen LogP contribution is -2.34. The van der Waals surface area contributed by atoms with E-state index in [0.717, 1.165) is 28.7 Å². The van der Waals surface area contributed by atoms with Gasteiger partial charge in [0.1, 0.15) is 5.25 Å². The van der Waals surface area contributed by atoms with E-state index < -0.39 is 20.9 Å². The minimum Gasteiger partial charge on any atom is -0.394 e. The molecule has 2 aromatic carbocycles. The maximum atomic E-state index is 13.5. The first-order valence-electron chi connectivity index (χ1n) is 11.1. The van der Waals surface area contributed by atoms with E-state index in [9.17, 15) is 8.42 Å². The second-order valence-corrected chi connectivity index (χ2v) is 10.2. The lowest BCUT2D eigenvalue weighted by Gasteiger charge is -2.30. The van der Waals surface area contributed by atoms with E-state index in [2.05, 4.69) is 13.0 Å². The van der Waals surface area contributed by atoms with Crippen LogP contribution in [0.4, 0.5) is 0 Å². The largest absolute Gasteiger partial charge is 0.394 e. The maximum Gasteiger partial charge on any atom is 0.221 e. The summed E-state index contributed by atoms with van der Waals surface area (Å²) in [6, 6.07) is 15.5. The number of rotatable bonds is 12. The van der Waals surface area contributed by atoms with Crippen molar-refractivity contribution in [1.29, 1.82) is 0 Å². The summed E-state index contributed by atoms with van der Waals surface area (Å²) in [4.78, 5) is 0. The number of aryl methyl sites for hydroxylation is 1. The van der Waals surface area contributed by atoms with Crippen molar-refractivity contribution in [2.75, 3.05) is 19.8 Å². The molecule has 0 aliphatic rings. The standard InChI is InChI=1S/C25H37NO4S/c1-6-24(21-12-10-9-11-13-21)31(28,29)26(8-3)19-22-14-15-23(18-20(22)4)25(5,7-2)30-17-16-27/h9-15,18,24,27H,6-8,16-17,19H2,1-5H3. The van der Waals surface area contributed by atoms with Gasteiger partial charge in [0, 0.05) is 13.1 Å². The zero-order valence-electron chi connectivity index (χ0n) is 19.5. The van der Waals surface area contributed by atoms with Gasteiger partial charge in [-0.1, -0.05) is 69.3 Å². The number of aliphatic hydroxyl groups is 1. The van der Waals surface area contributed by atoms with Crippen LogP contribution < -0.4 is 0 Å². The number of sulfonamides is 1. The molecule has 0 aliphatic heterocycles. The number of aliphatic hydroxyl groups excluding tert-OH is 1. The lowest BCUT2D eigenvalue weighted by atomic mass is 9.90. The van der Waals surface area contributed by atoms with Gasteiger partial charge in [0.25, 0.3) is 0 Å². The number of benzene rings is 2. The first-order valence-corrected chi connectivity index (χ1v) is 12.6. The summed E-state index contributed by atoms with van der Waals surface area (Å²) in [5.41, 5.74) is 3.40. The van der Waals surface area contributed by atoms with Gasteiger partial charge in [0.15, 0.2) is 0 Å². The summed E-state index contributed by atoms with van der Waals surface area (Å²) in [6.45, 7) is 10.9. The molecule has 31 heavy (non-hydrogen) atoms. The molecule has 1 N–H and O–H groups in total. The number of ether oxygens (including phenoxy) is 1. The van der Waals surface area contributed by atoms with Crippen LogP contribution >= 0.6 is 0 Å². The third kappa shape index (κ3) is 5.95. The molecule has 6 heteroatoms. The van der Waals surface area contributed by atoms with Crippen molar-refractivity contribution in [2.45, 2.75) is 64.9 Å². The molecule has 0 saturated carbocycles. The molecular weight excluding hydrogens is 410 g/mol. The Morgan fingerprint density at radius 2 is 1.77 bits per heavy atom. The van der Waals surface area contributed by atoms with Gasteiger partial charge in [-0.2, -0.15) is 4.31 Å². The molecule has 0 saturated heterocycles. The van der Waals surface area contributed by atoms with Gasteiger partial charge >= 0.3 is 0 Å². The van der Waals surface area contributed by atoms with E-state index in [1.165, 1.54) is 0 Å². The first kappa shape index (κ1) is 25.5. The van der Waals surface area contributed by atoms with Crippen molar-refractivity contribution in [3.05, 3.63) is 70.8 Å². The predicted molar refractivity (Wildman–Crippen MR) is 126 cm³/mol. The molecular formula is C25H37NO4S. The van der Waals surface area contributed by atoms with Crippen molar-refractivity contribution in [1.82, 2.24) is 4.31 Å². The number of nitrogens with zero attached hydrogens (tertiary/aromatic N) is 1. The number of hydrogen-bond donors (Lipinski definition) is 1. The molecule has 2 unspecified atom stereocenters. The van der Waals surface area contributed by atoms with Crippen LogP contribution in [0.15, 0.2) is 48.5 Å². The van der Waals surface area contributed by atoms with Crippen LogP contribution in [0.1, 0.15) is 68.0 Å². The van der Waals surface area contributed by atoms with Gasteiger partial charge in [-0.15, -0.1) is 0 Å². The Labute approximate surface area is 188 Å². The second-order valence-electron chi connectivity index (χ2n) is 8.08. The second kappa shape index (κ2) is 11.2. The summed E-state index contributed by atoms with van der Waals surface area (Å²) in [7, 11) is -3.51. The molecule has 2 rings (SSSR count). The molecule has 0 spiro atoms. The minimum atomic E-state index is -3.51. The van der Waals surface area contributed by atoms with Gasteiger partial charge in [-0.25, -0.2) is 8.42 Å². The Hall–Kier alpha value is -1.73. The SMILES string of the molecule is CCC(c1ccccc1)S(=O)(=O)N(CC)Cc1ccc(C(C)(CC)OCCO)cc1C. The molecule has 0 radical (unpaired) electrons. The topological polar surface area (TPSA) is 66.8 Å². The van der Waals surface area contributed by atoms with Crippen molar-refractivity contribution >= 4 is 10.0 Å². The summed E-state index contributed by atoms with van der Waals surface area (Å²) in [6.07, 6.45) is 1.30. The molecule has 0 amide bonds. The van der Waals surface area contributed by atoms with Gasteiger partial charge in [-0.3, -0.25) is 0 Å². The fraction of sp³-hybridized carbons (Fsp3) is 0.520. The summed E-state index contributed by atoms with van der Waals surface area (Å²) < 4.78 is 34.4. The summed E-state index contributed by atoms with van der Waals surface area (Å²) in [5, 5.41) is 8.58. The molecule has 2 atom stereocenters. The van der Waals surface area contributed by atoms with Crippen molar-refractivity contribution in [2.24, 2.45) is 0 Å². The van der Waals surface area contributed by atoms with Gasteiger partial charge in [-0.05, 0) is 48.9 Å². The highest BCUT2D eigenvalue weighted by Gasteiger charge is 2.32. The van der Waals surface area contributed by atoms with E-state index in [0.29, 0.717) is 19.5 Å². The number of hydrogen-bond acceptors (Lipinski definition) is 4. The molecule has 0 aliphatic carbocycles. The maximum absolute atomic E-state index is 13.5. The van der Waals surface area contributed by atoms with Gasteiger partial charge in [0.2, 0.25) is 10.0 Å². The highest BCUT2D eigenvalue weighted by molar-refractivity contribution is 7.89. The highest BCUT2D eigenvalue weighted by Crippen LogP contribution is 2.32. The van der Waals surface area contributed by atoms with Crippen LogP contribution in [0.2, 0.25) is 0 Å². The fourth-order valence-corrected chi connectivity index (χ4v) is 5.86. The molecule has 0 bridgehead atoms. The normalized spacial score (nSPS) is 15.1. The van der Waals surface area contributed by atoms with Gasteiger partial charge < -0.3 is 9.84 Å². The Kier molecular flexibility index (Phi) is 9.25. The summed E-state index contributed by atoms with van der Waals surface area (Å²) >= 11 is 0. The Morgan fingerprint density at radius 1 is 1.10 bits per heavy atom. The Bertz CT molecular complexity index is 930. The molecule has 5 nitrogen and oxygen atoms in total. The zero-order valence-corrected chi connectivity index (χ0v) is 20.3. The van der Waals surface area contributed by atoms with Gasteiger partial charge in [0.05, 0.1) is 18.8 Å². The average Bonchev–Trinajstić information content (AvgIpc) is 2.77. The smallest absolute Gasteiger partial charge is 0.221 e. The van der Waals surface area contributed by atoms with E-state index in [1.54, 1.807) is 4.31 Å². The van der Waals surface area contributed by atoms with Crippen molar-refractivity contribution in [3.63, 3.8) is 0 Å². The van der Waals surface area contributed by atoms with Crippen LogP contribution in [0.3, 0.4) is 0 Å². The minimum absolute atomic E-state index is 0.0179. The molecule has 2 aromatic rings.